The highest BCUT2D eigenvalue weighted by Crippen LogP contribution is 2.26. The van der Waals surface area contributed by atoms with Gasteiger partial charge < -0.3 is 19.5 Å². The molecule has 1 N–H and O–H groups in total. The van der Waals surface area contributed by atoms with E-state index < -0.39 is 6.10 Å². The minimum atomic E-state index is -0.427. The van der Waals surface area contributed by atoms with E-state index >= 15 is 0 Å². The molecule has 0 amide bonds. The Bertz CT molecular complexity index is 447. The van der Waals surface area contributed by atoms with Crippen molar-refractivity contribution in [1.29, 1.82) is 0 Å². The molecule has 1 heterocycles. The van der Waals surface area contributed by atoms with Gasteiger partial charge in [0.05, 0.1) is 23.8 Å². The van der Waals surface area contributed by atoms with Crippen LogP contribution in [-0.2, 0) is 4.74 Å². The highest BCUT2D eigenvalue weighted by molar-refractivity contribution is 6.32. The van der Waals surface area contributed by atoms with E-state index in [9.17, 15) is 5.11 Å². The second-order valence-electron chi connectivity index (χ2n) is 6.08. The van der Waals surface area contributed by atoms with Crippen LogP contribution in [-0.4, -0.2) is 54.6 Å². The second-order valence-corrected chi connectivity index (χ2v) is 6.49. The predicted octanol–water partition coefficient (Wildman–Crippen LogP) is 2.97. The number of likely N-dealkylation sites (tertiary alicyclic amines) is 1. The first-order valence-corrected chi connectivity index (χ1v) is 8.35. The van der Waals surface area contributed by atoms with E-state index in [2.05, 4.69) is 4.90 Å². The fraction of sp³-hybridized carbons (Fsp3) is 0.647. The molecule has 0 aromatic heterocycles. The van der Waals surface area contributed by atoms with Crippen LogP contribution in [0, 0.1) is 0 Å². The third kappa shape index (κ3) is 5.76. The van der Waals surface area contributed by atoms with Gasteiger partial charge >= 0.3 is 0 Å². The average Bonchev–Trinajstić information content (AvgIpc) is 2.49. The first kappa shape index (κ1) is 17.5. The zero-order valence-corrected chi connectivity index (χ0v) is 14.1. The summed E-state index contributed by atoms with van der Waals surface area (Å²) >= 11 is 6.12. The standard InChI is InChI=1S/C17H26ClNO3/c1-13(2)21-12-14(20)11-19-9-7-15(8-10-19)22-17-6-4-3-5-16(17)18/h3-6,13-15,20H,7-12H2,1-2H3. The Morgan fingerprint density at radius 1 is 1.27 bits per heavy atom. The summed E-state index contributed by atoms with van der Waals surface area (Å²) in [6.45, 7) is 6.86. The molecule has 1 atom stereocenters. The molecule has 124 valence electrons. The number of ether oxygens (including phenoxy) is 2. The fourth-order valence-electron chi connectivity index (χ4n) is 2.58. The summed E-state index contributed by atoms with van der Waals surface area (Å²) in [7, 11) is 0. The SMILES string of the molecule is CC(C)OCC(O)CN1CCC(Oc2ccccc2Cl)CC1. The maximum atomic E-state index is 9.97. The summed E-state index contributed by atoms with van der Waals surface area (Å²) < 4.78 is 11.4. The highest BCUT2D eigenvalue weighted by atomic mass is 35.5. The fourth-order valence-corrected chi connectivity index (χ4v) is 2.76. The Labute approximate surface area is 138 Å². The number of benzene rings is 1. The largest absolute Gasteiger partial charge is 0.489 e. The molecule has 1 saturated heterocycles. The zero-order chi connectivity index (χ0) is 15.9. The van der Waals surface area contributed by atoms with Gasteiger partial charge in [0, 0.05) is 19.6 Å². The molecule has 22 heavy (non-hydrogen) atoms. The lowest BCUT2D eigenvalue weighted by Gasteiger charge is -2.33. The summed E-state index contributed by atoms with van der Waals surface area (Å²) in [4.78, 5) is 2.26. The number of aliphatic hydroxyl groups excluding tert-OH is 1. The van der Waals surface area contributed by atoms with Crippen LogP contribution in [0.1, 0.15) is 26.7 Å². The van der Waals surface area contributed by atoms with E-state index in [0.717, 1.165) is 31.7 Å². The molecule has 0 spiro atoms. The first-order valence-electron chi connectivity index (χ1n) is 7.98. The Morgan fingerprint density at radius 3 is 2.59 bits per heavy atom. The van der Waals surface area contributed by atoms with Crippen LogP contribution < -0.4 is 4.74 Å². The number of nitrogens with zero attached hydrogens (tertiary/aromatic N) is 1. The molecule has 0 aliphatic carbocycles. The molecule has 1 aromatic carbocycles. The van der Waals surface area contributed by atoms with Gasteiger partial charge in [0.1, 0.15) is 11.9 Å². The van der Waals surface area contributed by atoms with Crippen molar-refractivity contribution in [2.45, 2.75) is 45.0 Å². The van der Waals surface area contributed by atoms with Crippen LogP contribution >= 0.6 is 11.6 Å². The number of hydrogen-bond acceptors (Lipinski definition) is 4. The van der Waals surface area contributed by atoms with Gasteiger partial charge in [0.2, 0.25) is 0 Å². The lowest BCUT2D eigenvalue weighted by molar-refractivity contribution is -0.0154. The third-order valence-corrected chi connectivity index (χ3v) is 4.07. The number of halogens is 1. The van der Waals surface area contributed by atoms with Gasteiger partial charge in [0.25, 0.3) is 0 Å². The quantitative estimate of drug-likeness (QED) is 0.836. The smallest absolute Gasteiger partial charge is 0.138 e. The van der Waals surface area contributed by atoms with E-state index in [0.29, 0.717) is 18.2 Å². The van der Waals surface area contributed by atoms with Crippen LogP contribution in [0.25, 0.3) is 0 Å². The Kier molecular flexibility index (Phi) is 6.96. The molecule has 1 fully saturated rings. The van der Waals surface area contributed by atoms with Crippen LogP contribution in [0.5, 0.6) is 5.75 Å². The second kappa shape index (κ2) is 8.73. The highest BCUT2D eigenvalue weighted by Gasteiger charge is 2.22. The number of piperidine rings is 1. The number of aliphatic hydroxyl groups is 1. The molecule has 1 aliphatic heterocycles. The molecule has 0 bridgehead atoms. The summed E-state index contributed by atoms with van der Waals surface area (Å²) in [5.41, 5.74) is 0. The van der Waals surface area contributed by atoms with Crippen LogP contribution in [0.4, 0.5) is 0 Å². The molecular weight excluding hydrogens is 302 g/mol. The Hall–Kier alpha value is -0.810. The Morgan fingerprint density at radius 2 is 1.95 bits per heavy atom. The monoisotopic (exact) mass is 327 g/mol. The maximum absolute atomic E-state index is 9.97. The molecule has 1 aliphatic rings. The van der Waals surface area contributed by atoms with Crippen LogP contribution in [0.2, 0.25) is 5.02 Å². The molecule has 0 radical (unpaired) electrons. The van der Waals surface area contributed by atoms with E-state index in [1.54, 1.807) is 0 Å². The van der Waals surface area contributed by atoms with Gasteiger partial charge in [-0.3, -0.25) is 0 Å². The maximum Gasteiger partial charge on any atom is 0.138 e. The van der Waals surface area contributed by atoms with E-state index in [4.69, 9.17) is 21.1 Å². The zero-order valence-electron chi connectivity index (χ0n) is 13.4. The molecular formula is C17H26ClNO3. The first-order chi connectivity index (χ1) is 10.5. The van der Waals surface area contributed by atoms with Gasteiger partial charge in [-0.05, 0) is 38.8 Å². The normalized spacial score (nSPS) is 18.6. The minimum absolute atomic E-state index is 0.157. The van der Waals surface area contributed by atoms with E-state index in [-0.39, 0.29) is 12.2 Å². The number of β-amino-alcohol motifs (C(OH)–C–C–N with tert-alkyl or cyclic N) is 1. The number of rotatable bonds is 7. The number of hydrogen-bond donors (Lipinski definition) is 1. The van der Waals surface area contributed by atoms with Gasteiger partial charge in [0.15, 0.2) is 0 Å². The van der Waals surface area contributed by atoms with Crippen molar-refractivity contribution in [1.82, 2.24) is 4.90 Å². The third-order valence-electron chi connectivity index (χ3n) is 3.76. The van der Waals surface area contributed by atoms with Crippen molar-refractivity contribution in [2.75, 3.05) is 26.2 Å². The molecule has 5 heteroatoms. The van der Waals surface area contributed by atoms with Crippen molar-refractivity contribution in [3.8, 4) is 5.75 Å². The molecule has 1 aromatic rings. The van der Waals surface area contributed by atoms with Gasteiger partial charge in [-0.25, -0.2) is 0 Å². The van der Waals surface area contributed by atoms with Crippen molar-refractivity contribution in [3.63, 3.8) is 0 Å². The molecule has 2 rings (SSSR count). The van der Waals surface area contributed by atoms with Crippen molar-refractivity contribution >= 4 is 11.6 Å². The lowest BCUT2D eigenvalue weighted by Crippen LogP contribution is -2.43. The van der Waals surface area contributed by atoms with Gasteiger partial charge in [-0.2, -0.15) is 0 Å². The van der Waals surface area contributed by atoms with Crippen molar-refractivity contribution < 1.29 is 14.6 Å². The summed E-state index contributed by atoms with van der Waals surface area (Å²) in [5.74, 6) is 0.757. The van der Waals surface area contributed by atoms with Crippen molar-refractivity contribution in [2.24, 2.45) is 0 Å². The Balaban J connectivity index is 1.70. The van der Waals surface area contributed by atoms with Gasteiger partial charge in [-0.15, -0.1) is 0 Å². The average molecular weight is 328 g/mol. The van der Waals surface area contributed by atoms with Crippen LogP contribution in [0.3, 0.4) is 0 Å². The van der Waals surface area contributed by atoms with E-state index in [1.165, 1.54) is 0 Å². The molecule has 0 saturated carbocycles. The number of para-hydroxylation sites is 1. The van der Waals surface area contributed by atoms with Crippen LogP contribution in [0.15, 0.2) is 24.3 Å². The summed E-state index contributed by atoms with van der Waals surface area (Å²) in [6, 6.07) is 7.58. The summed E-state index contributed by atoms with van der Waals surface area (Å²) in [6.07, 6.45) is 1.82. The topological polar surface area (TPSA) is 41.9 Å². The molecule has 4 nitrogen and oxygen atoms in total. The molecule has 1 unspecified atom stereocenters. The predicted molar refractivity (Wildman–Crippen MR) is 88.6 cm³/mol. The van der Waals surface area contributed by atoms with Crippen molar-refractivity contribution in [3.05, 3.63) is 29.3 Å². The summed E-state index contributed by atoms with van der Waals surface area (Å²) in [5, 5.41) is 10.6. The van der Waals surface area contributed by atoms with E-state index in [1.807, 2.05) is 38.1 Å². The lowest BCUT2D eigenvalue weighted by atomic mass is 10.1. The minimum Gasteiger partial charge on any atom is -0.489 e. The van der Waals surface area contributed by atoms with Gasteiger partial charge in [-0.1, -0.05) is 23.7 Å².